The van der Waals surface area contributed by atoms with Crippen LogP contribution in [0.3, 0.4) is 0 Å². The average Bonchev–Trinajstić information content (AvgIpc) is 3.20. The Morgan fingerprint density at radius 2 is 1.83 bits per heavy atom. The van der Waals surface area contributed by atoms with E-state index >= 15 is 0 Å². The Kier molecular flexibility index (Phi) is 5.69. The molecule has 0 saturated carbocycles. The molecule has 8 heteroatoms. The number of hydrogen-bond donors (Lipinski definition) is 1. The van der Waals surface area contributed by atoms with Gasteiger partial charge in [0.05, 0.1) is 5.69 Å². The summed E-state index contributed by atoms with van der Waals surface area (Å²) in [5.41, 5.74) is 1.64. The van der Waals surface area contributed by atoms with Gasteiger partial charge in [0, 0.05) is 32.2 Å². The topological polar surface area (TPSA) is 69.0 Å². The number of piperazine rings is 1. The summed E-state index contributed by atoms with van der Waals surface area (Å²) < 4.78 is 5.92. The fourth-order valence-corrected chi connectivity index (χ4v) is 3.94. The van der Waals surface area contributed by atoms with Crippen molar-refractivity contribution in [2.24, 2.45) is 0 Å². The van der Waals surface area contributed by atoms with Crippen LogP contribution in [0, 0.1) is 0 Å². The number of benzene rings is 1. The molecule has 156 valence electrons. The molecule has 4 rings (SSSR count). The Morgan fingerprint density at radius 1 is 1.10 bits per heavy atom. The predicted octanol–water partition coefficient (Wildman–Crippen LogP) is 2.43. The number of nitrogens with zero attached hydrogens (tertiary/aromatic N) is 3. The van der Waals surface area contributed by atoms with E-state index in [1.54, 1.807) is 6.07 Å². The van der Waals surface area contributed by atoms with Crippen molar-refractivity contribution in [1.29, 1.82) is 0 Å². The van der Waals surface area contributed by atoms with E-state index in [1.165, 1.54) is 11.0 Å². The van der Waals surface area contributed by atoms with Gasteiger partial charge in [-0.1, -0.05) is 25.1 Å². The molecule has 2 aliphatic heterocycles. The highest BCUT2D eigenvalue weighted by Crippen LogP contribution is 2.27. The maximum absolute atomic E-state index is 13.2. The minimum Gasteiger partial charge on any atom is -0.441 e. The van der Waals surface area contributed by atoms with Crippen LogP contribution in [0.4, 0.5) is 11.6 Å². The molecule has 1 N–H and O–H groups in total. The van der Waals surface area contributed by atoms with Crippen molar-refractivity contribution in [3.05, 3.63) is 53.3 Å². The van der Waals surface area contributed by atoms with Gasteiger partial charge in [0.15, 0.2) is 11.0 Å². The highest BCUT2D eigenvalue weighted by atomic mass is 32.1. The Morgan fingerprint density at radius 3 is 2.57 bits per heavy atom. The normalized spacial score (nSPS) is 19.5. The van der Waals surface area contributed by atoms with E-state index in [9.17, 15) is 9.59 Å². The molecule has 0 spiro atoms. The second-order valence-corrected chi connectivity index (χ2v) is 7.79. The van der Waals surface area contributed by atoms with Crippen LogP contribution in [-0.2, 0) is 16.0 Å². The van der Waals surface area contributed by atoms with E-state index in [0.717, 1.165) is 44.0 Å². The number of likely N-dealkylation sites (N-methyl/N-ethyl adjacent to an activating group) is 1. The zero-order valence-corrected chi connectivity index (χ0v) is 17.9. The van der Waals surface area contributed by atoms with Crippen LogP contribution in [0.5, 0.6) is 0 Å². The minimum atomic E-state index is -0.521. The van der Waals surface area contributed by atoms with Gasteiger partial charge in [-0.25, -0.2) is 0 Å². The first-order valence-corrected chi connectivity index (χ1v) is 10.4. The third kappa shape index (κ3) is 3.88. The molecule has 3 heterocycles. The molecule has 0 atom stereocenters. The van der Waals surface area contributed by atoms with Crippen LogP contribution in [0.2, 0.25) is 0 Å². The zero-order valence-electron chi connectivity index (χ0n) is 17.1. The van der Waals surface area contributed by atoms with Crippen molar-refractivity contribution in [1.82, 2.24) is 10.2 Å². The summed E-state index contributed by atoms with van der Waals surface area (Å²) in [5, 5.41) is 2.71. The molecule has 2 saturated heterocycles. The molecule has 2 amide bonds. The number of anilines is 2. The number of furan rings is 1. The highest BCUT2D eigenvalue weighted by molar-refractivity contribution is 7.80. The van der Waals surface area contributed by atoms with Crippen molar-refractivity contribution in [2.45, 2.75) is 13.3 Å². The largest absolute Gasteiger partial charge is 0.441 e. The SMILES string of the molecule is CCc1ccccc1N1C(=O)/C(=C/c2ccc(N3CCN(C)CC3)o2)C(=O)NC1=S. The summed E-state index contributed by atoms with van der Waals surface area (Å²) in [5.74, 6) is 0.219. The van der Waals surface area contributed by atoms with E-state index < -0.39 is 11.8 Å². The number of amides is 2. The van der Waals surface area contributed by atoms with Crippen LogP contribution in [0.25, 0.3) is 6.08 Å². The van der Waals surface area contributed by atoms with E-state index in [2.05, 4.69) is 22.2 Å². The molecule has 1 aromatic carbocycles. The number of thiocarbonyl (C=S) groups is 1. The molecule has 7 nitrogen and oxygen atoms in total. The standard InChI is InChI=1S/C22H24N4O3S/c1-3-15-6-4-5-7-18(15)26-21(28)17(20(27)23-22(26)30)14-16-8-9-19(29-16)25-12-10-24(2)11-13-25/h4-9,14H,3,10-13H2,1-2H3,(H,23,27,30)/b17-14+. The Bertz CT molecular complexity index is 1020. The van der Waals surface area contributed by atoms with Crippen LogP contribution in [-0.4, -0.2) is 55.1 Å². The maximum atomic E-state index is 13.2. The molecular weight excluding hydrogens is 400 g/mol. The first kappa shape index (κ1) is 20.3. The molecule has 1 aromatic heterocycles. The van der Waals surface area contributed by atoms with Gasteiger partial charge in [-0.05, 0) is 49.5 Å². The molecule has 0 aliphatic carbocycles. The molecule has 2 fully saturated rings. The lowest BCUT2D eigenvalue weighted by Gasteiger charge is -2.32. The molecule has 0 unspecified atom stereocenters. The second-order valence-electron chi connectivity index (χ2n) is 7.41. The third-order valence-electron chi connectivity index (χ3n) is 5.43. The predicted molar refractivity (Wildman–Crippen MR) is 120 cm³/mol. The van der Waals surface area contributed by atoms with Gasteiger partial charge in [0.2, 0.25) is 0 Å². The average molecular weight is 425 g/mol. The number of nitrogens with one attached hydrogen (secondary N) is 1. The van der Waals surface area contributed by atoms with E-state index in [4.69, 9.17) is 16.6 Å². The molecule has 30 heavy (non-hydrogen) atoms. The fourth-order valence-electron chi connectivity index (χ4n) is 3.66. The van der Waals surface area contributed by atoms with Crippen LogP contribution < -0.4 is 15.1 Å². The summed E-state index contributed by atoms with van der Waals surface area (Å²) in [4.78, 5) is 31.5. The number of para-hydroxylation sites is 1. The van der Waals surface area contributed by atoms with Gasteiger partial charge in [0.25, 0.3) is 11.8 Å². The van der Waals surface area contributed by atoms with Gasteiger partial charge in [-0.3, -0.25) is 19.8 Å². The summed E-state index contributed by atoms with van der Waals surface area (Å²) in [6, 6.07) is 11.2. The number of aryl methyl sites for hydroxylation is 1. The fraction of sp³-hybridized carbons (Fsp3) is 0.318. The van der Waals surface area contributed by atoms with Crippen molar-refractivity contribution in [3.63, 3.8) is 0 Å². The highest BCUT2D eigenvalue weighted by Gasteiger charge is 2.35. The lowest BCUT2D eigenvalue weighted by molar-refractivity contribution is -0.122. The lowest BCUT2D eigenvalue weighted by Crippen LogP contribution is -2.54. The lowest BCUT2D eigenvalue weighted by atomic mass is 10.1. The zero-order chi connectivity index (χ0) is 21.3. The summed E-state index contributed by atoms with van der Waals surface area (Å²) in [7, 11) is 2.09. The molecule has 2 aliphatic rings. The van der Waals surface area contributed by atoms with Gasteiger partial charge in [-0.15, -0.1) is 0 Å². The van der Waals surface area contributed by atoms with E-state index in [0.29, 0.717) is 11.4 Å². The van der Waals surface area contributed by atoms with E-state index in [1.807, 2.05) is 37.3 Å². The quantitative estimate of drug-likeness (QED) is 0.462. The van der Waals surface area contributed by atoms with Gasteiger partial charge in [0.1, 0.15) is 11.3 Å². The number of rotatable bonds is 4. The number of hydrogen-bond acceptors (Lipinski definition) is 6. The molecule has 0 radical (unpaired) electrons. The van der Waals surface area contributed by atoms with Crippen LogP contribution >= 0.6 is 12.2 Å². The smallest absolute Gasteiger partial charge is 0.270 e. The third-order valence-corrected chi connectivity index (χ3v) is 5.71. The summed E-state index contributed by atoms with van der Waals surface area (Å²) >= 11 is 5.30. The maximum Gasteiger partial charge on any atom is 0.270 e. The number of carbonyl (C=O) groups is 2. The van der Waals surface area contributed by atoms with E-state index in [-0.39, 0.29) is 10.7 Å². The molecule has 0 bridgehead atoms. The first-order chi connectivity index (χ1) is 14.5. The Balaban J connectivity index is 1.62. The first-order valence-electron chi connectivity index (χ1n) is 10.0. The van der Waals surface area contributed by atoms with Crippen molar-refractivity contribution in [3.8, 4) is 0 Å². The Hall–Kier alpha value is -2.97. The second kappa shape index (κ2) is 8.41. The van der Waals surface area contributed by atoms with Crippen molar-refractivity contribution in [2.75, 3.05) is 43.0 Å². The van der Waals surface area contributed by atoms with Crippen LogP contribution in [0.15, 0.2) is 46.4 Å². The summed E-state index contributed by atoms with van der Waals surface area (Å²) in [6.07, 6.45) is 2.22. The molecular formula is C22H24N4O3S. The van der Waals surface area contributed by atoms with Gasteiger partial charge < -0.3 is 14.2 Å². The minimum absolute atomic E-state index is 0.00576. The molecule has 2 aromatic rings. The number of carbonyl (C=O) groups excluding carboxylic acids is 2. The van der Waals surface area contributed by atoms with Crippen LogP contribution in [0.1, 0.15) is 18.2 Å². The monoisotopic (exact) mass is 424 g/mol. The summed E-state index contributed by atoms with van der Waals surface area (Å²) in [6.45, 7) is 5.67. The van der Waals surface area contributed by atoms with Gasteiger partial charge >= 0.3 is 0 Å². The van der Waals surface area contributed by atoms with Gasteiger partial charge in [-0.2, -0.15) is 0 Å². The van der Waals surface area contributed by atoms with Crippen molar-refractivity contribution < 1.29 is 14.0 Å². The Labute approximate surface area is 180 Å². The van der Waals surface area contributed by atoms with Crippen molar-refractivity contribution >= 4 is 46.8 Å².